The fraction of sp³-hybridized carbons (Fsp3) is 0.312. The zero-order chi connectivity index (χ0) is 32.9. The fourth-order valence-electron chi connectivity index (χ4n) is 3.87. The summed E-state index contributed by atoms with van der Waals surface area (Å²) < 4.78 is 85.9. The molecule has 0 spiro atoms. The van der Waals surface area contributed by atoms with Crippen LogP contribution in [0.5, 0.6) is 11.5 Å². The van der Waals surface area contributed by atoms with Crippen LogP contribution in [0, 0.1) is 0 Å². The minimum absolute atomic E-state index is 0.0196. The van der Waals surface area contributed by atoms with E-state index in [9.17, 15) is 31.5 Å². The number of ether oxygens (including phenoxy) is 4. The van der Waals surface area contributed by atoms with E-state index < -0.39 is 42.8 Å². The maximum Gasteiger partial charge on any atom is 0.426 e. The third kappa shape index (κ3) is 12.8. The molecule has 13 heteroatoms. The van der Waals surface area contributed by atoms with Crippen LogP contribution >= 0.6 is 0 Å². The molecule has 0 atom stereocenters. The lowest BCUT2D eigenvalue weighted by molar-refractivity contribution is -0.185. The number of nitrogen functional groups attached to an aromatic ring is 2. The molecule has 0 bridgehead atoms. The van der Waals surface area contributed by atoms with Gasteiger partial charge in [0.2, 0.25) is 0 Å². The molecule has 0 aliphatic rings. The summed E-state index contributed by atoms with van der Waals surface area (Å²) in [7, 11) is 0. The Balaban J connectivity index is 1.31. The normalized spacial score (nSPS) is 11.8. The SMILES string of the molecule is Nc1cc(N)cc(C(=O)OCCCCCCOC(=O)C=Cc2ccc(OC(F)(F)c3ccc(OCCC(F)(F)F)cc3)cc2)c1. The van der Waals surface area contributed by atoms with E-state index in [4.69, 9.17) is 30.4 Å². The number of carbonyl (C=O) groups excluding carboxylic acids is 2. The number of hydrogen-bond acceptors (Lipinski definition) is 8. The molecular formula is C32H33F5N2O6. The first-order valence-corrected chi connectivity index (χ1v) is 14.0. The molecule has 0 aromatic heterocycles. The topological polar surface area (TPSA) is 123 Å². The van der Waals surface area contributed by atoms with Gasteiger partial charge in [-0.3, -0.25) is 0 Å². The second-order valence-electron chi connectivity index (χ2n) is 9.87. The van der Waals surface area contributed by atoms with E-state index in [0.717, 1.165) is 37.1 Å². The Hall–Kier alpha value is -4.81. The van der Waals surface area contributed by atoms with Crippen molar-refractivity contribution in [2.75, 3.05) is 31.3 Å². The van der Waals surface area contributed by atoms with Crippen LogP contribution in [0.2, 0.25) is 0 Å². The standard InChI is InChI=1S/C32H33F5N2O6/c33-31(34,35)15-18-42-27-12-8-24(9-13-27)32(36,37)45-28-10-5-22(6-11-28)7-14-29(40)43-16-3-1-2-4-17-44-30(41)23-19-25(38)21-26(39)20-23/h5-14,19-21H,1-4,15-18,38-39H2. The Morgan fingerprint density at radius 2 is 1.29 bits per heavy atom. The third-order valence-corrected chi connectivity index (χ3v) is 6.11. The highest BCUT2D eigenvalue weighted by Crippen LogP contribution is 2.33. The molecule has 4 N–H and O–H groups in total. The van der Waals surface area contributed by atoms with Crippen molar-refractivity contribution in [2.24, 2.45) is 0 Å². The van der Waals surface area contributed by atoms with Gasteiger partial charge < -0.3 is 30.4 Å². The molecule has 3 aromatic carbocycles. The molecule has 0 fully saturated rings. The molecule has 0 saturated carbocycles. The number of anilines is 2. The number of unbranched alkanes of at least 4 members (excludes halogenated alkanes) is 3. The molecule has 8 nitrogen and oxygen atoms in total. The molecule has 0 saturated heterocycles. The quantitative estimate of drug-likeness (QED) is 0.0553. The lowest BCUT2D eigenvalue weighted by Gasteiger charge is -2.18. The van der Waals surface area contributed by atoms with Crippen LogP contribution < -0.4 is 20.9 Å². The summed E-state index contributed by atoms with van der Waals surface area (Å²) in [4.78, 5) is 24.0. The molecule has 0 aliphatic heterocycles. The van der Waals surface area contributed by atoms with Gasteiger partial charge in [0.15, 0.2) is 0 Å². The number of nitrogens with two attached hydrogens (primary N) is 2. The summed E-state index contributed by atoms with van der Waals surface area (Å²) in [6.45, 7) is -0.189. The average Bonchev–Trinajstić information content (AvgIpc) is 2.97. The van der Waals surface area contributed by atoms with E-state index >= 15 is 0 Å². The van der Waals surface area contributed by atoms with E-state index in [2.05, 4.69) is 0 Å². The van der Waals surface area contributed by atoms with Crippen LogP contribution in [-0.2, 0) is 20.4 Å². The molecule has 242 valence electrons. The monoisotopic (exact) mass is 636 g/mol. The number of carbonyl (C=O) groups is 2. The Morgan fingerprint density at radius 3 is 1.89 bits per heavy atom. The Bertz CT molecular complexity index is 1410. The predicted molar refractivity (Wildman–Crippen MR) is 158 cm³/mol. The van der Waals surface area contributed by atoms with E-state index in [0.29, 0.717) is 35.3 Å². The highest BCUT2D eigenvalue weighted by atomic mass is 19.4. The van der Waals surface area contributed by atoms with E-state index in [1.807, 2.05) is 0 Å². The average molecular weight is 637 g/mol. The van der Waals surface area contributed by atoms with Gasteiger partial charge in [-0.25, -0.2) is 9.59 Å². The lowest BCUT2D eigenvalue weighted by Crippen LogP contribution is -2.21. The molecule has 0 heterocycles. The Labute approximate surface area is 256 Å². The molecule has 0 unspecified atom stereocenters. The van der Waals surface area contributed by atoms with Gasteiger partial charge in [-0.05, 0) is 91.9 Å². The highest BCUT2D eigenvalue weighted by molar-refractivity contribution is 5.91. The minimum Gasteiger partial charge on any atom is -0.493 e. The van der Waals surface area contributed by atoms with Gasteiger partial charge in [0, 0.05) is 17.5 Å². The van der Waals surface area contributed by atoms with E-state index in [1.165, 1.54) is 48.6 Å². The number of esters is 2. The van der Waals surface area contributed by atoms with Gasteiger partial charge >= 0.3 is 24.2 Å². The highest BCUT2D eigenvalue weighted by Gasteiger charge is 2.34. The molecule has 0 amide bonds. The summed E-state index contributed by atoms with van der Waals surface area (Å²) in [5.74, 6) is -1.19. The van der Waals surface area contributed by atoms with Crippen molar-refractivity contribution in [3.63, 3.8) is 0 Å². The van der Waals surface area contributed by atoms with Gasteiger partial charge in [-0.1, -0.05) is 12.1 Å². The number of rotatable bonds is 16. The largest absolute Gasteiger partial charge is 0.493 e. The van der Waals surface area contributed by atoms with E-state index in [-0.39, 0.29) is 24.7 Å². The van der Waals surface area contributed by atoms with Crippen molar-refractivity contribution in [1.29, 1.82) is 0 Å². The first kappa shape index (κ1) is 34.7. The maximum absolute atomic E-state index is 14.6. The van der Waals surface area contributed by atoms with Gasteiger partial charge in [0.25, 0.3) is 0 Å². The lowest BCUT2D eigenvalue weighted by atomic mass is 10.2. The van der Waals surface area contributed by atoms with Crippen molar-refractivity contribution in [1.82, 2.24) is 0 Å². The van der Waals surface area contributed by atoms with Crippen molar-refractivity contribution in [3.05, 3.63) is 89.5 Å². The summed E-state index contributed by atoms with van der Waals surface area (Å²) in [5, 5.41) is 0. The van der Waals surface area contributed by atoms with Crippen LogP contribution in [0.15, 0.2) is 72.8 Å². The van der Waals surface area contributed by atoms with Crippen LogP contribution in [0.25, 0.3) is 6.08 Å². The fourth-order valence-corrected chi connectivity index (χ4v) is 3.87. The predicted octanol–water partition coefficient (Wildman–Crippen LogP) is 7.28. The zero-order valence-electron chi connectivity index (χ0n) is 24.2. The molecule has 0 radical (unpaired) electrons. The first-order chi connectivity index (χ1) is 21.3. The maximum atomic E-state index is 14.6. The number of alkyl halides is 5. The second-order valence-corrected chi connectivity index (χ2v) is 9.87. The molecule has 3 aromatic rings. The minimum atomic E-state index is -4.38. The number of halogens is 5. The van der Waals surface area contributed by atoms with Crippen LogP contribution in [0.1, 0.15) is 53.6 Å². The second kappa shape index (κ2) is 16.3. The molecular weight excluding hydrogens is 603 g/mol. The van der Waals surface area contributed by atoms with Crippen molar-refractivity contribution >= 4 is 29.4 Å². The first-order valence-electron chi connectivity index (χ1n) is 14.0. The summed E-state index contributed by atoms with van der Waals surface area (Å²) >= 11 is 0. The van der Waals surface area contributed by atoms with Crippen molar-refractivity contribution in [3.8, 4) is 11.5 Å². The molecule has 0 aliphatic carbocycles. The molecule has 3 rings (SSSR count). The van der Waals surface area contributed by atoms with E-state index in [1.54, 1.807) is 6.07 Å². The van der Waals surface area contributed by atoms with Gasteiger partial charge in [-0.15, -0.1) is 0 Å². The van der Waals surface area contributed by atoms with Gasteiger partial charge in [0.05, 0.1) is 37.4 Å². The number of benzene rings is 3. The summed E-state index contributed by atoms with van der Waals surface area (Å²) in [6, 6.07) is 14.4. The van der Waals surface area contributed by atoms with Crippen molar-refractivity contribution in [2.45, 2.75) is 44.4 Å². The zero-order valence-corrected chi connectivity index (χ0v) is 24.2. The smallest absolute Gasteiger partial charge is 0.426 e. The van der Waals surface area contributed by atoms with Crippen LogP contribution in [-0.4, -0.2) is 37.9 Å². The van der Waals surface area contributed by atoms with Gasteiger partial charge in [-0.2, -0.15) is 22.0 Å². The van der Waals surface area contributed by atoms with Gasteiger partial charge in [0.1, 0.15) is 11.5 Å². The number of hydrogen-bond donors (Lipinski definition) is 2. The molecule has 45 heavy (non-hydrogen) atoms. The van der Waals surface area contributed by atoms with Crippen molar-refractivity contribution < 1.29 is 50.5 Å². The Kier molecular flexibility index (Phi) is 12.6. The van der Waals surface area contributed by atoms with Crippen LogP contribution in [0.4, 0.5) is 33.3 Å². The summed E-state index contributed by atoms with van der Waals surface area (Å²) in [5.41, 5.74) is 12.4. The third-order valence-electron chi connectivity index (χ3n) is 6.11. The Morgan fingerprint density at radius 1 is 0.711 bits per heavy atom. The summed E-state index contributed by atoms with van der Waals surface area (Å²) in [6.07, 6.45) is -3.81. The van der Waals surface area contributed by atoms with Crippen LogP contribution in [0.3, 0.4) is 0 Å².